The summed E-state index contributed by atoms with van der Waals surface area (Å²) in [5.74, 6) is 1.65. The normalized spacial score (nSPS) is 10.5. The van der Waals surface area contributed by atoms with Crippen molar-refractivity contribution in [1.29, 1.82) is 0 Å². The van der Waals surface area contributed by atoms with Gasteiger partial charge in [0.25, 0.3) is 0 Å². The lowest BCUT2D eigenvalue weighted by Gasteiger charge is -2.15. The lowest BCUT2D eigenvalue weighted by atomic mass is 10.2. The summed E-state index contributed by atoms with van der Waals surface area (Å²) in [6.07, 6.45) is 3.12. The number of hydrogen-bond donors (Lipinski definition) is 0. The van der Waals surface area contributed by atoms with Crippen LogP contribution in [0.1, 0.15) is 42.6 Å². The molecule has 3 nitrogen and oxygen atoms in total. The number of benzene rings is 2. The van der Waals surface area contributed by atoms with Crippen molar-refractivity contribution >= 4 is 6.29 Å². The molecule has 0 N–H and O–H groups in total. The molecule has 3 heteroatoms. The van der Waals surface area contributed by atoms with Gasteiger partial charge in [0.05, 0.1) is 6.10 Å². The topological polar surface area (TPSA) is 35.5 Å². The molecule has 0 bridgehead atoms. The lowest BCUT2D eigenvalue weighted by Crippen LogP contribution is -2.13. The second-order valence-corrected chi connectivity index (χ2v) is 5.18. The van der Waals surface area contributed by atoms with Crippen LogP contribution in [0.25, 0.3) is 0 Å². The maximum Gasteiger partial charge on any atom is 0.150 e. The van der Waals surface area contributed by atoms with Gasteiger partial charge in [0.15, 0.2) is 0 Å². The van der Waals surface area contributed by atoms with Gasteiger partial charge in [0.2, 0.25) is 0 Å². The van der Waals surface area contributed by atoms with E-state index in [1.165, 1.54) is 0 Å². The highest BCUT2D eigenvalue weighted by Crippen LogP contribution is 2.18. The molecule has 0 saturated carbocycles. The molecular weight excluding hydrogens is 276 g/mol. The zero-order valence-corrected chi connectivity index (χ0v) is 13.1. The molecule has 0 aliphatic rings. The second kappa shape index (κ2) is 8.23. The van der Waals surface area contributed by atoms with Gasteiger partial charge in [0.1, 0.15) is 24.4 Å². The van der Waals surface area contributed by atoms with E-state index in [0.29, 0.717) is 12.2 Å². The zero-order chi connectivity index (χ0) is 15.8. The first-order valence-corrected chi connectivity index (χ1v) is 7.68. The first kappa shape index (κ1) is 16.1. The molecular formula is C19H22O3. The van der Waals surface area contributed by atoms with E-state index >= 15 is 0 Å². The molecule has 0 aliphatic carbocycles. The molecule has 2 aromatic carbocycles. The van der Waals surface area contributed by atoms with Crippen LogP contribution < -0.4 is 9.47 Å². The van der Waals surface area contributed by atoms with Crippen LogP contribution in [0.15, 0.2) is 48.5 Å². The van der Waals surface area contributed by atoms with Crippen molar-refractivity contribution in [2.75, 3.05) is 0 Å². The number of aldehydes is 1. The van der Waals surface area contributed by atoms with Crippen molar-refractivity contribution in [3.05, 3.63) is 59.7 Å². The summed E-state index contributed by atoms with van der Waals surface area (Å²) >= 11 is 0. The van der Waals surface area contributed by atoms with Gasteiger partial charge in [-0.05, 0) is 54.8 Å². The van der Waals surface area contributed by atoms with Crippen molar-refractivity contribution in [2.45, 2.75) is 39.4 Å². The van der Waals surface area contributed by atoms with Crippen molar-refractivity contribution < 1.29 is 14.3 Å². The highest BCUT2D eigenvalue weighted by molar-refractivity contribution is 5.74. The van der Waals surface area contributed by atoms with Crippen LogP contribution in [0.2, 0.25) is 0 Å². The Morgan fingerprint density at radius 3 is 2.05 bits per heavy atom. The van der Waals surface area contributed by atoms with Crippen LogP contribution in [0.4, 0.5) is 0 Å². The molecule has 0 atom stereocenters. The summed E-state index contributed by atoms with van der Waals surface area (Å²) in [6, 6.07) is 15.1. The molecule has 2 rings (SSSR count). The minimum absolute atomic E-state index is 0.276. The predicted molar refractivity (Wildman–Crippen MR) is 87.6 cm³/mol. The summed E-state index contributed by atoms with van der Waals surface area (Å²) in [5, 5.41) is 0. The van der Waals surface area contributed by atoms with Gasteiger partial charge in [0, 0.05) is 5.56 Å². The van der Waals surface area contributed by atoms with Crippen molar-refractivity contribution in [3.8, 4) is 11.5 Å². The van der Waals surface area contributed by atoms with Crippen LogP contribution in [-0.4, -0.2) is 12.4 Å². The van der Waals surface area contributed by atoms with Crippen LogP contribution >= 0.6 is 0 Å². The number of carbonyl (C=O) groups is 1. The van der Waals surface area contributed by atoms with Gasteiger partial charge in [-0.3, -0.25) is 4.79 Å². The Balaban J connectivity index is 1.89. The maximum absolute atomic E-state index is 10.6. The van der Waals surface area contributed by atoms with E-state index in [0.717, 1.165) is 36.2 Å². The molecule has 0 aliphatic heterocycles. The summed E-state index contributed by atoms with van der Waals surface area (Å²) in [4.78, 5) is 10.6. The fourth-order valence-corrected chi connectivity index (χ4v) is 2.12. The summed E-state index contributed by atoms with van der Waals surface area (Å²) < 4.78 is 11.6. The summed E-state index contributed by atoms with van der Waals surface area (Å²) in [7, 11) is 0. The molecule has 0 spiro atoms. The number of rotatable bonds is 8. The smallest absolute Gasteiger partial charge is 0.150 e. The molecule has 2 aromatic rings. The average Bonchev–Trinajstić information content (AvgIpc) is 2.59. The standard InChI is InChI=1S/C19H22O3/c1-3-17(4-2)22-19-11-7-16(8-12-19)14-21-18-9-5-15(13-20)6-10-18/h5-13,17H,3-4,14H2,1-2H3. The van der Waals surface area contributed by atoms with Gasteiger partial charge in [-0.1, -0.05) is 26.0 Å². The minimum atomic E-state index is 0.276. The van der Waals surface area contributed by atoms with E-state index in [9.17, 15) is 4.79 Å². The predicted octanol–water partition coefficient (Wildman–Crippen LogP) is 4.65. The van der Waals surface area contributed by atoms with Gasteiger partial charge < -0.3 is 9.47 Å². The second-order valence-electron chi connectivity index (χ2n) is 5.18. The molecule has 116 valence electrons. The first-order chi connectivity index (χ1) is 10.7. The Labute approximate surface area is 131 Å². The van der Waals surface area contributed by atoms with Gasteiger partial charge >= 0.3 is 0 Å². The Bertz CT molecular complexity index is 569. The van der Waals surface area contributed by atoms with E-state index in [1.807, 2.05) is 24.3 Å². The molecule has 0 saturated heterocycles. The highest BCUT2D eigenvalue weighted by atomic mass is 16.5. The molecule has 0 radical (unpaired) electrons. The zero-order valence-electron chi connectivity index (χ0n) is 13.1. The largest absolute Gasteiger partial charge is 0.490 e. The third-order valence-corrected chi connectivity index (χ3v) is 3.56. The number of hydrogen-bond acceptors (Lipinski definition) is 3. The fourth-order valence-electron chi connectivity index (χ4n) is 2.12. The third kappa shape index (κ3) is 4.62. The Morgan fingerprint density at radius 2 is 1.50 bits per heavy atom. The minimum Gasteiger partial charge on any atom is -0.490 e. The number of ether oxygens (including phenoxy) is 2. The van der Waals surface area contributed by atoms with Crippen molar-refractivity contribution in [3.63, 3.8) is 0 Å². The number of carbonyl (C=O) groups excluding carboxylic acids is 1. The van der Waals surface area contributed by atoms with Crippen LogP contribution in [-0.2, 0) is 6.61 Å². The van der Waals surface area contributed by atoms with E-state index in [1.54, 1.807) is 24.3 Å². The molecule has 0 aromatic heterocycles. The molecule has 0 fully saturated rings. The molecule has 0 unspecified atom stereocenters. The van der Waals surface area contributed by atoms with Crippen molar-refractivity contribution in [2.24, 2.45) is 0 Å². The van der Waals surface area contributed by atoms with Gasteiger partial charge in [-0.2, -0.15) is 0 Å². The Morgan fingerprint density at radius 1 is 0.909 bits per heavy atom. The van der Waals surface area contributed by atoms with E-state index in [4.69, 9.17) is 9.47 Å². The van der Waals surface area contributed by atoms with Crippen LogP contribution in [0, 0.1) is 0 Å². The monoisotopic (exact) mass is 298 g/mol. The SMILES string of the molecule is CCC(CC)Oc1ccc(COc2ccc(C=O)cc2)cc1. The van der Waals surface area contributed by atoms with E-state index < -0.39 is 0 Å². The quantitative estimate of drug-likeness (QED) is 0.666. The van der Waals surface area contributed by atoms with Crippen LogP contribution in [0.3, 0.4) is 0 Å². The van der Waals surface area contributed by atoms with Crippen molar-refractivity contribution in [1.82, 2.24) is 0 Å². The molecule has 22 heavy (non-hydrogen) atoms. The average molecular weight is 298 g/mol. The Kier molecular flexibility index (Phi) is 6.01. The molecule has 0 amide bonds. The van der Waals surface area contributed by atoms with E-state index in [-0.39, 0.29) is 6.10 Å². The Hall–Kier alpha value is -2.29. The van der Waals surface area contributed by atoms with Crippen LogP contribution in [0.5, 0.6) is 11.5 Å². The fraction of sp³-hybridized carbons (Fsp3) is 0.316. The van der Waals surface area contributed by atoms with Gasteiger partial charge in [-0.15, -0.1) is 0 Å². The summed E-state index contributed by atoms with van der Waals surface area (Å²) in [5.41, 5.74) is 1.73. The maximum atomic E-state index is 10.6. The first-order valence-electron chi connectivity index (χ1n) is 7.68. The molecule has 0 heterocycles. The van der Waals surface area contributed by atoms with E-state index in [2.05, 4.69) is 13.8 Å². The summed E-state index contributed by atoms with van der Waals surface area (Å²) in [6.45, 7) is 4.75. The lowest BCUT2D eigenvalue weighted by molar-refractivity contribution is 0.112. The highest BCUT2D eigenvalue weighted by Gasteiger charge is 2.05. The third-order valence-electron chi connectivity index (χ3n) is 3.56. The van der Waals surface area contributed by atoms with Gasteiger partial charge in [-0.25, -0.2) is 0 Å².